The lowest BCUT2D eigenvalue weighted by Crippen LogP contribution is -2.32. The number of nitrogens with zero attached hydrogens (tertiary/aromatic N) is 2. The van der Waals surface area contributed by atoms with Gasteiger partial charge in [-0.25, -0.2) is 0 Å². The fourth-order valence-corrected chi connectivity index (χ4v) is 3.47. The Kier molecular flexibility index (Phi) is 5.58. The highest BCUT2D eigenvalue weighted by atomic mass is 16.5. The molecule has 6 nitrogen and oxygen atoms in total. The summed E-state index contributed by atoms with van der Waals surface area (Å²) in [6, 6.07) is 3.63. The minimum Gasteiger partial charge on any atom is -0.455 e. The molecule has 2 aliphatic rings. The van der Waals surface area contributed by atoms with Gasteiger partial charge in [0.2, 0.25) is 0 Å². The first kappa shape index (κ1) is 17.5. The standard InChI is InChI=1S/C18H28N2O4/c1-3-23-17-12-20(11-15(17)21)18(22)16-5-4-14(24-16)10-19-8-6-13(2)7-9-19/h4-5,13,15,17,21H,3,6-12H2,1-2H3/t15-,17-/m0/s1. The number of furan rings is 1. The Bertz CT molecular complexity index is 551. The molecule has 6 heteroatoms. The second-order valence-electron chi connectivity index (χ2n) is 7.00. The van der Waals surface area contributed by atoms with E-state index >= 15 is 0 Å². The normalized spacial score (nSPS) is 26.2. The first-order valence-corrected chi connectivity index (χ1v) is 8.96. The zero-order chi connectivity index (χ0) is 17.1. The average molecular weight is 336 g/mol. The summed E-state index contributed by atoms with van der Waals surface area (Å²) in [5.74, 6) is 1.80. The molecule has 3 rings (SSSR count). The van der Waals surface area contributed by atoms with Gasteiger partial charge in [-0.2, -0.15) is 0 Å². The smallest absolute Gasteiger partial charge is 0.289 e. The third-order valence-electron chi connectivity index (χ3n) is 5.03. The molecule has 0 aromatic carbocycles. The van der Waals surface area contributed by atoms with Crippen LogP contribution in [0.1, 0.15) is 43.0 Å². The van der Waals surface area contributed by atoms with Gasteiger partial charge in [0.25, 0.3) is 5.91 Å². The topological polar surface area (TPSA) is 66.2 Å². The van der Waals surface area contributed by atoms with E-state index in [1.165, 1.54) is 12.8 Å². The molecule has 0 radical (unpaired) electrons. The van der Waals surface area contributed by atoms with E-state index in [4.69, 9.17) is 9.15 Å². The maximum atomic E-state index is 12.5. The van der Waals surface area contributed by atoms with E-state index in [2.05, 4.69) is 11.8 Å². The van der Waals surface area contributed by atoms with Crippen LogP contribution in [0, 0.1) is 5.92 Å². The predicted molar refractivity (Wildman–Crippen MR) is 89.7 cm³/mol. The molecule has 1 N–H and O–H groups in total. The molecule has 24 heavy (non-hydrogen) atoms. The molecule has 0 bridgehead atoms. The van der Waals surface area contributed by atoms with Crippen LogP contribution < -0.4 is 0 Å². The minimum atomic E-state index is -0.626. The molecule has 1 aromatic rings. The third kappa shape index (κ3) is 3.99. The number of β-amino-alcohol motifs (C(OH)–C–C–N with tert-alkyl or cyclic N) is 1. The molecule has 2 aliphatic heterocycles. The third-order valence-corrected chi connectivity index (χ3v) is 5.03. The van der Waals surface area contributed by atoms with Crippen LogP contribution >= 0.6 is 0 Å². The summed E-state index contributed by atoms with van der Waals surface area (Å²) >= 11 is 0. The van der Waals surface area contributed by atoms with E-state index in [9.17, 15) is 9.90 Å². The number of amides is 1. The van der Waals surface area contributed by atoms with E-state index in [1.54, 1.807) is 11.0 Å². The zero-order valence-electron chi connectivity index (χ0n) is 14.6. The molecule has 0 aliphatic carbocycles. The van der Waals surface area contributed by atoms with Crippen LogP contribution in [-0.4, -0.2) is 65.8 Å². The van der Waals surface area contributed by atoms with E-state index in [0.29, 0.717) is 25.5 Å². The van der Waals surface area contributed by atoms with E-state index in [0.717, 1.165) is 31.3 Å². The van der Waals surface area contributed by atoms with Gasteiger partial charge in [-0.1, -0.05) is 6.92 Å². The number of piperidine rings is 1. The largest absolute Gasteiger partial charge is 0.455 e. The zero-order valence-corrected chi connectivity index (χ0v) is 14.6. The van der Waals surface area contributed by atoms with Crippen LogP contribution in [0.4, 0.5) is 0 Å². The monoisotopic (exact) mass is 336 g/mol. The van der Waals surface area contributed by atoms with Crippen molar-refractivity contribution in [2.24, 2.45) is 5.92 Å². The first-order chi connectivity index (χ1) is 11.6. The Balaban J connectivity index is 1.56. The maximum absolute atomic E-state index is 12.5. The van der Waals surface area contributed by atoms with Crippen molar-refractivity contribution in [3.05, 3.63) is 23.7 Å². The minimum absolute atomic E-state index is 0.172. The quantitative estimate of drug-likeness (QED) is 0.887. The number of carbonyl (C=O) groups excluding carboxylic acids is 1. The van der Waals surface area contributed by atoms with Gasteiger partial charge in [0.05, 0.1) is 19.2 Å². The Morgan fingerprint density at radius 3 is 2.79 bits per heavy atom. The van der Waals surface area contributed by atoms with Crippen molar-refractivity contribution in [1.29, 1.82) is 0 Å². The summed E-state index contributed by atoms with van der Waals surface area (Å²) in [6.45, 7) is 8.34. The second kappa shape index (κ2) is 7.68. The van der Waals surface area contributed by atoms with Crippen LogP contribution in [0.15, 0.2) is 16.5 Å². The Hall–Kier alpha value is -1.37. The van der Waals surface area contributed by atoms with E-state index in [1.807, 2.05) is 13.0 Å². The molecule has 0 saturated carbocycles. The number of hydrogen-bond acceptors (Lipinski definition) is 5. The summed E-state index contributed by atoms with van der Waals surface area (Å²) in [4.78, 5) is 16.5. The number of carbonyl (C=O) groups is 1. The van der Waals surface area contributed by atoms with E-state index in [-0.39, 0.29) is 12.0 Å². The molecule has 134 valence electrons. The van der Waals surface area contributed by atoms with Gasteiger partial charge in [-0.15, -0.1) is 0 Å². The number of aliphatic hydroxyl groups excluding tert-OH is 1. The average Bonchev–Trinajstić information content (AvgIpc) is 3.17. The number of aliphatic hydroxyl groups is 1. The molecule has 2 fully saturated rings. The van der Waals surface area contributed by atoms with Crippen molar-refractivity contribution >= 4 is 5.91 Å². The summed E-state index contributed by atoms with van der Waals surface area (Å²) < 4.78 is 11.2. The lowest BCUT2D eigenvalue weighted by atomic mass is 9.99. The maximum Gasteiger partial charge on any atom is 0.289 e. The van der Waals surface area contributed by atoms with Crippen molar-refractivity contribution in [2.45, 2.75) is 45.4 Å². The highest BCUT2D eigenvalue weighted by Gasteiger charge is 2.35. The summed E-state index contributed by atoms with van der Waals surface area (Å²) in [5, 5.41) is 9.97. The van der Waals surface area contributed by atoms with Gasteiger partial charge in [0.1, 0.15) is 11.9 Å². The number of rotatable bonds is 5. The molecule has 1 aromatic heterocycles. The molecule has 2 saturated heterocycles. The number of likely N-dealkylation sites (tertiary alicyclic amines) is 2. The van der Waals surface area contributed by atoms with Gasteiger partial charge >= 0.3 is 0 Å². The van der Waals surface area contributed by atoms with Gasteiger partial charge in [-0.3, -0.25) is 9.69 Å². The van der Waals surface area contributed by atoms with Gasteiger partial charge < -0.3 is 19.2 Å². The molecule has 0 spiro atoms. The molecular formula is C18H28N2O4. The van der Waals surface area contributed by atoms with Crippen LogP contribution in [-0.2, 0) is 11.3 Å². The number of hydrogen-bond donors (Lipinski definition) is 1. The van der Waals surface area contributed by atoms with Crippen molar-refractivity contribution < 1.29 is 19.1 Å². The molecule has 2 atom stereocenters. The molecule has 1 amide bonds. The highest BCUT2D eigenvalue weighted by Crippen LogP contribution is 2.21. The fourth-order valence-electron chi connectivity index (χ4n) is 3.47. The van der Waals surface area contributed by atoms with E-state index < -0.39 is 6.10 Å². The SMILES string of the molecule is CCO[C@H]1CN(C(=O)c2ccc(CN3CCC(C)CC3)o2)C[C@@H]1O. The highest BCUT2D eigenvalue weighted by molar-refractivity contribution is 5.91. The Morgan fingerprint density at radius 1 is 1.33 bits per heavy atom. The predicted octanol–water partition coefficient (Wildman–Crippen LogP) is 1.73. The van der Waals surface area contributed by atoms with Gasteiger partial charge in [-0.05, 0) is 50.9 Å². The molecular weight excluding hydrogens is 308 g/mol. The lowest BCUT2D eigenvalue weighted by molar-refractivity contribution is -0.00239. The number of ether oxygens (including phenoxy) is 1. The van der Waals surface area contributed by atoms with Crippen molar-refractivity contribution in [3.63, 3.8) is 0 Å². The van der Waals surface area contributed by atoms with Crippen LogP contribution in [0.5, 0.6) is 0 Å². The van der Waals surface area contributed by atoms with Crippen LogP contribution in [0.25, 0.3) is 0 Å². The Labute approximate surface area is 143 Å². The summed E-state index contributed by atoms with van der Waals surface area (Å²) in [6.07, 6.45) is 1.51. The van der Waals surface area contributed by atoms with Crippen molar-refractivity contribution in [1.82, 2.24) is 9.80 Å². The summed E-state index contributed by atoms with van der Waals surface area (Å²) in [7, 11) is 0. The molecule has 3 heterocycles. The first-order valence-electron chi connectivity index (χ1n) is 8.96. The van der Waals surface area contributed by atoms with Gasteiger partial charge in [0.15, 0.2) is 5.76 Å². The lowest BCUT2D eigenvalue weighted by Gasteiger charge is -2.29. The van der Waals surface area contributed by atoms with Gasteiger partial charge in [0, 0.05) is 13.2 Å². The molecule has 0 unspecified atom stereocenters. The van der Waals surface area contributed by atoms with Crippen LogP contribution in [0.3, 0.4) is 0 Å². The Morgan fingerprint density at radius 2 is 2.08 bits per heavy atom. The van der Waals surface area contributed by atoms with Crippen LogP contribution in [0.2, 0.25) is 0 Å². The summed E-state index contributed by atoms with van der Waals surface area (Å²) in [5.41, 5.74) is 0. The van der Waals surface area contributed by atoms with Crippen molar-refractivity contribution in [3.8, 4) is 0 Å². The van der Waals surface area contributed by atoms with Crippen molar-refractivity contribution in [2.75, 3.05) is 32.8 Å². The fraction of sp³-hybridized carbons (Fsp3) is 0.722. The second-order valence-corrected chi connectivity index (χ2v) is 7.00.